The Bertz CT molecular complexity index is 365. The molecule has 1 aliphatic rings. The maximum absolute atomic E-state index is 5.98. The second-order valence-corrected chi connectivity index (χ2v) is 4.39. The molecule has 2 rings (SSSR count). The van der Waals surface area contributed by atoms with Crippen molar-refractivity contribution in [2.45, 2.75) is 31.9 Å². The molecule has 0 aromatic heterocycles. The highest BCUT2D eigenvalue weighted by Crippen LogP contribution is 2.32. The molecule has 2 unspecified atom stereocenters. The predicted molar refractivity (Wildman–Crippen MR) is 63.7 cm³/mol. The Hall–Kier alpha value is -1.06. The van der Waals surface area contributed by atoms with Crippen molar-refractivity contribution in [3.05, 3.63) is 29.3 Å². The molecule has 0 saturated heterocycles. The lowest BCUT2D eigenvalue weighted by atomic mass is 10.1. The van der Waals surface area contributed by atoms with Crippen molar-refractivity contribution in [3.8, 4) is 5.75 Å². The van der Waals surface area contributed by atoms with Gasteiger partial charge in [0.05, 0.1) is 6.61 Å². The molecule has 2 atom stereocenters. The van der Waals surface area contributed by atoms with Gasteiger partial charge < -0.3 is 15.2 Å². The van der Waals surface area contributed by atoms with Crippen LogP contribution >= 0.6 is 0 Å². The van der Waals surface area contributed by atoms with E-state index < -0.39 is 0 Å². The Kier molecular flexibility index (Phi) is 3.46. The Morgan fingerprint density at radius 2 is 2.31 bits per heavy atom. The van der Waals surface area contributed by atoms with E-state index in [2.05, 4.69) is 12.1 Å². The maximum Gasteiger partial charge on any atom is 0.120 e. The summed E-state index contributed by atoms with van der Waals surface area (Å²) in [7, 11) is 1.68. The highest BCUT2D eigenvalue weighted by Gasteiger charge is 2.19. The van der Waals surface area contributed by atoms with Gasteiger partial charge in [-0.15, -0.1) is 0 Å². The van der Waals surface area contributed by atoms with Gasteiger partial charge in [-0.3, -0.25) is 0 Å². The van der Waals surface area contributed by atoms with Gasteiger partial charge in [-0.25, -0.2) is 0 Å². The molecule has 0 heterocycles. The number of ether oxygens (including phenoxy) is 2. The second kappa shape index (κ2) is 4.85. The Labute approximate surface area is 96.5 Å². The van der Waals surface area contributed by atoms with Crippen LogP contribution in [0, 0.1) is 0 Å². The van der Waals surface area contributed by atoms with E-state index in [4.69, 9.17) is 15.2 Å². The average molecular weight is 221 g/mol. The fourth-order valence-corrected chi connectivity index (χ4v) is 2.20. The Balaban J connectivity index is 2.07. The van der Waals surface area contributed by atoms with Crippen LogP contribution in [-0.2, 0) is 11.2 Å². The molecule has 0 saturated carbocycles. The van der Waals surface area contributed by atoms with E-state index in [1.165, 1.54) is 11.1 Å². The van der Waals surface area contributed by atoms with E-state index in [0.717, 1.165) is 18.6 Å². The topological polar surface area (TPSA) is 44.5 Å². The fourth-order valence-electron chi connectivity index (χ4n) is 2.20. The molecule has 0 amide bonds. The van der Waals surface area contributed by atoms with Crippen LogP contribution in [0.25, 0.3) is 0 Å². The first-order valence-corrected chi connectivity index (χ1v) is 5.74. The van der Waals surface area contributed by atoms with E-state index in [-0.39, 0.29) is 12.1 Å². The lowest BCUT2D eigenvalue weighted by molar-refractivity contribution is 0.0920. The lowest BCUT2D eigenvalue weighted by Crippen LogP contribution is -2.18. The highest BCUT2D eigenvalue weighted by molar-refractivity contribution is 5.40. The Morgan fingerprint density at radius 3 is 3.06 bits per heavy atom. The number of aryl methyl sites for hydroxylation is 1. The van der Waals surface area contributed by atoms with Crippen LogP contribution in [0.1, 0.15) is 30.5 Å². The fraction of sp³-hybridized carbons (Fsp3) is 0.538. The average Bonchev–Trinajstić information content (AvgIpc) is 2.60. The smallest absolute Gasteiger partial charge is 0.120 e. The summed E-state index contributed by atoms with van der Waals surface area (Å²) in [5.41, 5.74) is 8.58. The van der Waals surface area contributed by atoms with Gasteiger partial charge in [0, 0.05) is 13.2 Å². The van der Waals surface area contributed by atoms with Gasteiger partial charge in [0.2, 0.25) is 0 Å². The number of hydrogen-bond acceptors (Lipinski definition) is 3. The molecule has 88 valence electrons. The quantitative estimate of drug-likeness (QED) is 0.846. The number of hydrogen-bond donors (Lipinski definition) is 1. The van der Waals surface area contributed by atoms with Crippen molar-refractivity contribution in [2.75, 3.05) is 13.7 Å². The first kappa shape index (κ1) is 11.4. The molecule has 3 heteroatoms. The minimum absolute atomic E-state index is 0.0816. The number of fused-ring (bicyclic) bond motifs is 1. The largest absolute Gasteiger partial charge is 0.488 e. The first-order valence-electron chi connectivity index (χ1n) is 5.74. The molecule has 0 bridgehead atoms. The van der Waals surface area contributed by atoms with Gasteiger partial charge in [0.15, 0.2) is 0 Å². The van der Waals surface area contributed by atoms with Gasteiger partial charge in [-0.2, -0.15) is 0 Å². The summed E-state index contributed by atoms with van der Waals surface area (Å²) in [6.07, 6.45) is 2.19. The third-order valence-corrected chi connectivity index (χ3v) is 2.98. The zero-order valence-corrected chi connectivity index (χ0v) is 9.90. The molecule has 0 aliphatic heterocycles. The summed E-state index contributed by atoms with van der Waals surface area (Å²) in [6.45, 7) is 2.61. The van der Waals surface area contributed by atoms with Crippen LogP contribution in [0.3, 0.4) is 0 Å². The lowest BCUT2D eigenvalue weighted by Gasteiger charge is -2.14. The van der Waals surface area contributed by atoms with E-state index in [9.17, 15) is 0 Å². The van der Waals surface area contributed by atoms with Crippen molar-refractivity contribution in [2.24, 2.45) is 5.73 Å². The highest BCUT2D eigenvalue weighted by atomic mass is 16.5. The zero-order valence-electron chi connectivity index (χ0n) is 9.90. The molecule has 1 aromatic rings. The third kappa shape index (κ3) is 2.36. The molecular weight excluding hydrogens is 202 g/mol. The van der Waals surface area contributed by atoms with Crippen LogP contribution in [0.15, 0.2) is 18.2 Å². The van der Waals surface area contributed by atoms with Crippen molar-refractivity contribution < 1.29 is 9.47 Å². The van der Waals surface area contributed by atoms with E-state index in [1.54, 1.807) is 7.11 Å². The molecule has 3 nitrogen and oxygen atoms in total. The molecule has 1 aliphatic carbocycles. The summed E-state index contributed by atoms with van der Waals surface area (Å²) in [5.74, 6) is 0.914. The monoisotopic (exact) mass is 221 g/mol. The van der Waals surface area contributed by atoms with E-state index >= 15 is 0 Å². The molecule has 2 N–H and O–H groups in total. The first-order chi connectivity index (χ1) is 7.70. The summed E-state index contributed by atoms with van der Waals surface area (Å²) in [5, 5.41) is 0. The third-order valence-electron chi connectivity index (χ3n) is 2.98. The van der Waals surface area contributed by atoms with Gasteiger partial charge in [0.25, 0.3) is 0 Å². The maximum atomic E-state index is 5.98. The minimum Gasteiger partial charge on any atom is -0.488 e. The summed E-state index contributed by atoms with van der Waals surface area (Å²) < 4.78 is 10.8. The molecule has 0 fully saturated rings. The number of rotatable bonds is 4. The van der Waals surface area contributed by atoms with Crippen molar-refractivity contribution in [1.29, 1.82) is 0 Å². The predicted octanol–water partition coefficient (Wildman–Crippen LogP) is 2.05. The standard InChI is InChI=1S/C13H19NO2/c1-9(8-15-2)16-11-4-5-12-10(7-11)3-6-13(12)14/h4-5,7,9,13H,3,6,8,14H2,1-2H3. The molecule has 1 aromatic carbocycles. The summed E-state index contributed by atoms with van der Waals surface area (Å²) in [4.78, 5) is 0. The zero-order chi connectivity index (χ0) is 11.5. The number of methoxy groups -OCH3 is 1. The molecule has 0 radical (unpaired) electrons. The van der Waals surface area contributed by atoms with Crippen molar-refractivity contribution >= 4 is 0 Å². The SMILES string of the molecule is COCC(C)Oc1ccc2c(c1)CCC2N. The summed E-state index contributed by atoms with van der Waals surface area (Å²) >= 11 is 0. The van der Waals surface area contributed by atoms with Crippen molar-refractivity contribution in [3.63, 3.8) is 0 Å². The van der Waals surface area contributed by atoms with E-state index in [0.29, 0.717) is 6.61 Å². The molecular formula is C13H19NO2. The normalized spacial score (nSPS) is 20.6. The Morgan fingerprint density at radius 1 is 1.50 bits per heavy atom. The second-order valence-electron chi connectivity index (χ2n) is 4.39. The summed E-state index contributed by atoms with van der Waals surface area (Å²) in [6, 6.07) is 6.40. The number of benzene rings is 1. The van der Waals surface area contributed by atoms with Gasteiger partial charge in [-0.05, 0) is 43.0 Å². The molecule has 0 spiro atoms. The van der Waals surface area contributed by atoms with Crippen LogP contribution < -0.4 is 10.5 Å². The minimum atomic E-state index is 0.0816. The number of nitrogens with two attached hydrogens (primary N) is 1. The van der Waals surface area contributed by atoms with Crippen molar-refractivity contribution in [1.82, 2.24) is 0 Å². The van der Waals surface area contributed by atoms with E-state index in [1.807, 2.05) is 13.0 Å². The van der Waals surface area contributed by atoms with Gasteiger partial charge in [-0.1, -0.05) is 6.07 Å². The van der Waals surface area contributed by atoms with Crippen LogP contribution in [-0.4, -0.2) is 19.8 Å². The van der Waals surface area contributed by atoms with Crippen LogP contribution in [0.2, 0.25) is 0 Å². The van der Waals surface area contributed by atoms with Gasteiger partial charge in [0.1, 0.15) is 11.9 Å². The molecule has 16 heavy (non-hydrogen) atoms. The van der Waals surface area contributed by atoms with Crippen LogP contribution in [0.4, 0.5) is 0 Å². The van der Waals surface area contributed by atoms with Gasteiger partial charge >= 0.3 is 0 Å². The van der Waals surface area contributed by atoms with Crippen LogP contribution in [0.5, 0.6) is 5.75 Å².